The van der Waals surface area contributed by atoms with Gasteiger partial charge in [-0.25, -0.2) is 0 Å². The van der Waals surface area contributed by atoms with E-state index >= 15 is 0 Å². The van der Waals surface area contributed by atoms with Gasteiger partial charge in [0.2, 0.25) is 0 Å². The number of fused-ring (bicyclic) bond motifs is 1. The third-order valence-corrected chi connectivity index (χ3v) is 4.02. The van der Waals surface area contributed by atoms with Crippen molar-refractivity contribution in [3.05, 3.63) is 64.8 Å². The number of anilines is 1. The minimum Gasteiger partial charge on any atom is -0.508 e. The zero-order valence-electron chi connectivity index (χ0n) is 12.6. The van der Waals surface area contributed by atoms with Gasteiger partial charge in [-0.05, 0) is 31.2 Å². The molecule has 1 heterocycles. The van der Waals surface area contributed by atoms with Crippen LogP contribution in [0.3, 0.4) is 0 Å². The van der Waals surface area contributed by atoms with E-state index in [2.05, 4.69) is 10.3 Å². The van der Waals surface area contributed by atoms with E-state index < -0.39 is 6.10 Å². The second-order valence-electron chi connectivity index (χ2n) is 5.43. The highest BCUT2D eigenvalue weighted by Gasteiger charge is 2.12. The first-order chi connectivity index (χ1) is 11.0. The maximum atomic E-state index is 10.3. The van der Waals surface area contributed by atoms with Crippen LogP contribution in [0, 0.1) is 6.92 Å². The highest BCUT2D eigenvalue weighted by Crippen LogP contribution is 2.28. The smallest absolute Gasteiger partial charge is 0.117 e. The SMILES string of the molecule is Cc1cc(NCC(O)c2ccccc2Cl)c2ccc(O)cc2n1. The normalized spacial score (nSPS) is 12.3. The van der Waals surface area contributed by atoms with Gasteiger partial charge in [-0.1, -0.05) is 29.8 Å². The number of rotatable bonds is 4. The topological polar surface area (TPSA) is 65.4 Å². The molecule has 0 fully saturated rings. The number of pyridine rings is 1. The van der Waals surface area contributed by atoms with Crippen molar-refractivity contribution in [1.82, 2.24) is 4.98 Å². The molecule has 0 saturated heterocycles. The fraction of sp³-hybridized carbons (Fsp3) is 0.167. The number of halogens is 1. The van der Waals surface area contributed by atoms with E-state index in [1.165, 1.54) is 0 Å². The van der Waals surface area contributed by atoms with Gasteiger partial charge in [-0.2, -0.15) is 0 Å². The van der Waals surface area contributed by atoms with Crippen molar-refractivity contribution in [2.45, 2.75) is 13.0 Å². The summed E-state index contributed by atoms with van der Waals surface area (Å²) in [5.74, 6) is 0.178. The molecule has 4 nitrogen and oxygen atoms in total. The van der Waals surface area contributed by atoms with Crippen LogP contribution < -0.4 is 5.32 Å². The zero-order chi connectivity index (χ0) is 16.4. The van der Waals surface area contributed by atoms with Crippen LogP contribution in [0.2, 0.25) is 5.02 Å². The summed E-state index contributed by atoms with van der Waals surface area (Å²) in [5.41, 5.74) is 3.09. The minimum atomic E-state index is -0.718. The molecule has 0 radical (unpaired) electrons. The van der Waals surface area contributed by atoms with Gasteiger partial charge in [0.1, 0.15) is 5.75 Å². The van der Waals surface area contributed by atoms with E-state index in [9.17, 15) is 10.2 Å². The molecule has 0 bridgehead atoms. The molecule has 2 aromatic carbocycles. The molecular weight excluding hydrogens is 312 g/mol. The summed E-state index contributed by atoms with van der Waals surface area (Å²) < 4.78 is 0. The van der Waals surface area contributed by atoms with Gasteiger partial charge >= 0.3 is 0 Å². The summed E-state index contributed by atoms with van der Waals surface area (Å²) in [5, 5.41) is 24.6. The summed E-state index contributed by atoms with van der Waals surface area (Å²) in [6, 6.07) is 14.2. The molecule has 1 unspecified atom stereocenters. The predicted octanol–water partition coefficient (Wildman–Crippen LogP) is 4.05. The number of phenolic OH excluding ortho intramolecular Hbond substituents is 1. The Bertz CT molecular complexity index is 846. The first-order valence-corrected chi connectivity index (χ1v) is 7.69. The third-order valence-electron chi connectivity index (χ3n) is 3.67. The molecule has 3 N–H and O–H groups in total. The molecule has 1 aromatic heterocycles. The van der Waals surface area contributed by atoms with Crippen LogP contribution in [0.25, 0.3) is 10.9 Å². The number of nitrogens with one attached hydrogen (secondary N) is 1. The lowest BCUT2D eigenvalue weighted by Gasteiger charge is -2.16. The van der Waals surface area contributed by atoms with Crippen LogP contribution in [0.1, 0.15) is 17.4 Å². The average molecular weight is 329 g/mol. The molecule has 0 amide bonds. The maximum Gasteiger partial charge on any atom is 0.117 e. The fourth-order valence-corrected chi connectivity index (χ4v) is 2.82. The monoisotopic (exact) mass is 328 g/mol. The van der Waals surface area contributed by atoms with Crippen molar-refractivity contribution in [2.24, 2.45) is 0 Å². The van der Waals surface area contributed by atoms with Crippen LogP contribution in [-0.2, 0) is 0 Å². The molecule has 1 atom stereocenters. The standard InChI is InChI=1S/C18H17ClN2O2/c1-11-8-16(14-7-6-12(22)9-17(14)21-11)20-10-18(23)13-4-2-3-5-15(13)19/h2-9,18,22-23H,10H2,1H3,(H,20,21). The summed E-state index contributed by atoms with van der Waals surface area (Å²) in [7, 11) is 0. The summed E-state index contributed by atoms with van der Waals surface area (Å²) in [6.07, 6.45) is -0.718. The maximum absolute atomic E-state index is 10.3. The van der Waals surface area contributed by atoms with Crippen molar-refractivity contribution < 1.29 is 10.2 Å². The summed E-state index contributed by atoms with van der Waals surface area (Å²) >= 11 is 6.11. The van der Waals surface area contributed by atoms with E-state index in [1.807, 2.05) is 31.2 Å². The van der Waals surface area contributed by atoms with Crippen LogP contribution >= 0.6 is 11.6 Å². The Kier molecular flexibility index (Phi) is 4.37. The molecule has 118 valence electrons. The number of hydrogen-bond donors (Lipinski definition) is 3. The number of aliphatic hydroxyl groups is 1. The summed E-state index contributed by atoms with van der Waals surface area (Å²) in [4.78, 5) is 4.41. The molecule has 0 saturated carbocycles. The Hall–Kier alpha value is -2.30. The van der Waals surface area contributed by atoms with Crippen LogP contribution in [0.15, 0.2) is 48.5 Å². The second-order valence-corrected chi connectivity index (χ2v) is 5.84. The van der Waals surface area contributed by atoms with Crippen LogP contribution in [0.4, 0.5) is 5.69 Å². The lowest BCUT2D eigenvalue weighted by Crippen LogP contribution is -2.13. The molecule has 3 rings (SSSR count). The Labute approximate surface area is 139 Å². The van der Waals surface area contributed by atoms with Gasteiger partial charge in [-0.3, -0.25) is 4.98 Å². The van der Waals surface area contributed by atoms with Crippen molar-refractivity contribution in [3.8, 4) is 5.75 Å². The largest absolute Gasteiger partial charge is 0.508 e. The molecule has 5 heteroatoms. The number of aromatic hydroxyl groups is 1. The Morgan fingerprint density at radius 2 is 1.96 bits per heavy atom. The van der Waals surface area contributed by atoms with E-state index in [4.69, 9.17) is 11.6 Å². The predicted molar refractivity (Wildman–Crippen MR) is 93.0 cm³/mol. The number of aryl methyl sites for hydroxylation is 1. The van der Waals surface area contributed by atoms with Crippen molar-refractivity contribution >= 4 is 28.2 Å². The molecule has 0 aliphatic rings. The van der Waals surface area contributed by atoms with Crippen molar-refractivity contribution in [2.75, 3.05) is 11.9 Å². The number of phenols is 1. The Morgan fingerprint density at radius 1 is 1.17 bits per heavy atom. The van der Waals surface area contributed by atoms with Gasteiger partial charge in [0.25, 0.3) is 0 Å². The number of nitrogens with zero attached hydrogens (tertiary/aromatic N) is 1. The van der Waals surface area contributed by atoms with Crippen LogP contribution in [0.5, 0.6) is 5.75 Å². The average Bonchev–Trinajstić information content (AvgIpc) is 2.52. The van der Waals surface area contributed by atoms with E-state index in [0.29, 0.717) is 22.6 Å². The second kappa shape index (κ2) is 6.44. The minimum absolute atomic E-state index is 0.178. The number of aliphatic hydroxyl groups excluding tert-OH is 1. The van der Waals surface area contributed by atoms with E-state index in [0.717, 1.165) is 16.8 Å². The van der Waals surface area contributed by atoms with E-state index in [-0.39, 0.29) is 5.75 Å². The van der Waals surface area contributed by atoms with Gasteiger partial charge in [0, 0.05) is 40.0 Å². The fourth-order valence-electron chi connectivity index (χ4n) is 2.56. The molecule has 23 heavy (non-hydrogen) atoms. The molecule has 0 aliphatic heterocycles. The first-order valence-electron chi connectivity index (χ1n) is 7.31. The molecule has 3 aromatic rings. The quantitative estimate of drug-likeness (QED) is 0.676. The molecule has 0 spiro atoms. The lowest BCUT2D eigenvalue weighted by molar-refractivity contribution is 0.192. The Morgan fingerprint density at radius 3 is 2.74 bits per heavy atom. The van der Waals surface area contributed by atoms with Crippen molar-refractivity contribution in [1.29, 1.82) is 0 Å². The number of benzene rings is 2. The van der Waals surface area contributed by atoms with Crippen LogP contribution in [-0.4, -0.2) is 21.7 Å². The zero-order valence-corrected chi connectivity index (χ0v) is 13.4. The number of aromatic nitrogens is 1. The van der Waals surface area contributed by atoms with Gasteiger partial charge in [-0.15, -0.1) is 0 Å². The highest BCUT2D eigenvalue weighted by atomic mass is 35.5. The highest BCUT2D eigenvalue weighted by molar-refractivity contribution is 6.31. The third kappa shape index (κ3) is 3.38. The van der Waals surface area contributed by atoms with Gasteiger partial charge in [0.05, 0.1) is 11.6 Å². The first kappa shape index (κ1) is 15.6. The lowest BCUT2D eigenvalue weighted by atomic mass is 10.1. The Balaban J connectivity index is 1.86. The van der Waals surface area contributed by atoms with Gasteiger partial charge in [0.15, 0.2) is 0 Å². The van der Waals surface area contributed by atoms with Gasteiger partial charge < -0.3 is 15.5 Å². The molecular formula is C18H17ClN2O2. The van der Waals surface area contributed by atoms with E-state index in [1.54, 1.807) is 24.3 Å². The summed E-state index contributed by atoms with van der Waals surface area (Å²) in [6.45, 7) is 2.21. The van der Waals surface area contributed by atoms with Crippen molar-refractivity contribution in [3.63, 3.8) is 0 Å². The number of hydrogen-bond acceptors (Lipinski definition) is 4. The molecule has 0 aliphatic carbocycles.